The zero-order chi connectivity index (χ0) is 11.7. The number of aromatic nitrogens is 1. The summed E-state index contributed by atoms with van der Waals surface area (Å²) in [6.45, 7) is 0.848. The Kier molecular flexibility index (Phi) is 2.68. The van der Waals surface area contributed by atoms with Crippen LogP contribution in [0, 0.1) is 5.92 Å². The first-order chi connectivity index (χ1) is 7.59. The first-order valence-electron chi connectivity index (χ1n) is 5.23. The number of hydrogen-bond acceptors (Lipinski definition) is 2. The molecule has 1 aliphatic heterocycles. The second kappa shape index (κ2) is 4.00. The molecule has 1 fully saturated rings. The van der Waals surface area contributed by atoms with Gasteiger partial charge in [0.1, 0.15) is 5.69 Å². The molecule has 1 saturated heterocycles. The number of aliphatic carboxylic acids is 1. The molecule has 1 aromatic heterocycles. The van der Waals surface area contributed by atoms with Crippen molar-refractivity contribution in [3.63, 3.8) is 0 Å². The minimum Gasteiger partial charge on any atom is -0.481 e. The van der Waals surface area contributed by atoms with E-state index < -0.39 is 11.9 Å². The van der Waals surface area contributed by atoms with E-state index >= 15 is 0 Å². The summed E-state index contributed by atoms with van der Waals surface area (Å²) in [7, 11) is 1.80. The van der Waals surface area contributed by atoms with Gasteiger partial charge >= 0.3 is 5.97 Å². The van der Waals surface area contributed by atoms with E-state index in [2.05, 4.69) is 0 Å². The maximum atomic E-state index is 12.0. The van der Waals surface area contributed by atoms with Crippen LogP contribution in [0.3, 0.4) is 0 Å². The van der Waals surface area contributed by atoms with Crippen LogP contribution in [0.15, 0.2) is 18.3 Å². The Morgan fingerprint density at radius 3 is 2.75 bits per heavy atom. The maximum absolute atomic E-state index is 12.0. The van der Waals surface area contributed by atoms with Crippen molar-refractivity contribution >= 4 is 11.9 Å². The number of rotatable bonds is 2. The normalized spacial score (nSPS) is 20.1. The molecule has 0 spiro atoms. The smallest absolute Gasteiger partial charge is 0.308 e. The van der Waals surface area contributed by atoms with Crippen LogP contribution in [0.25, 0.3) is 0 Å². The molecular weight excluding hydrogens is 208 g/mol. The van der Waals surface area contributed by atoms with Crippen molar-refractivity contribution in [3.05, 3.63) is 24.0 Å². The highest BCUT2D eigenvalue weighted by Crippen LogP contribution is 2.18. The fourth-order valence-electron chi connectivity index (χ4n) is 1.99. The number of amides is 1. The van der Waals surface area contributed by atoms with E-state index in [4.69, 9.17) is 5.11 Å². The molecule has 1 amide bonds. The van der Waals surface area contributed by atoms with E-state index in [1.807, 2.05) is 0 Å². The third-order valence-corrected chi connectivity index (χ3v) is 2.99. The van der Waals surface area contributed by atoms with Gasteiger partial charge in [0, 0.05) is 26.3 Å². The summed E-state index contributed by atoms with van der Waals surface area (Å²) in [5.74, 6) is -1.32. The van der Waals surface area contributed by atoms with Gasteiger partial charge in [0.15, 0.2) is 0 Å². The van der Waals surface area contributed by atoms with Crippen molar-refractivity contribution in [1.29, 1.82) is 0 Å². The number of carbonyl (C=O) groups is 2. The lowest BCUT2D eigenvalue weighted by Gasteiger charge is -2.15. The van der Waals surface area contributed by atoms with Crippen LogP contribution in [0.1, 0.15) is 16.9 Å². The standard InChI is InChI=1S/C11H14N2O3/c1-12-5-2-3-9(12)10(14)13-6-4-8(7-13)11(15)16/h2-3,5,8H,4,6-7H2,1H3,(H,15,16)/t8-/m0/s1. The van der Waals surface area contributed by atoms with Crippen LogP contribution in [0.2, 0.25) is 0 Å². The summed E-state index contributed by atoms with van der Waals surface area (Å²) in [5, 5.41) is 8.85. The van der Waals surface area contributed by atoms with Gasteiger partial charge in [-0.2, -0.15) is 0 Å². The maximum Gasteiger partial charge on any atom is 0.308 e. The average Bonchev–Trinajstić information content (AvgIpc) is 2.84. The molecule has 1 atom stereocenters. The number of carboxylic acids is 1. The van der Waals surface area contributed by atoms with Gasteiger partial charge in [0.05, 0.1) is 5.92 Å². The molecule has 2 rings (SSSR count). The van der Waals surface area contributed by atoms with Crippen molar-refractivity contribution in [1.82, 2.24) is 9.47 Å². The van der Waals surface area contributed by atoms with Crippen molar-refractivity contribution < 1.29 is 14.7 Å². The molecule has 16 heavy (non-hydrogen) atoms. The molecule has 5 heteroatoms. The molecule has 5 nitrogen and oxygen atoms in total. The summed E-state index contributed by atoms with van der Waals surface area (Å²) < 4.78 is 1.75. The minimum absolute atomic E-state index is 0.0868. The van der Waals surface area contributed by atoms with E-state index in [0.29, 0.717) is 25.2 Å². The number of carboxylic acid groups (broad SMARTS) is 1. The Hall–Kier alpha value is -1.78. The second-order valence-electron chi connectivity index (χ2n) is 4.08. The number of hydrogen-bond donors (Lipinski definition) is 1. The van der Waals surface area contributed by atoms with Gasteiger partial charge in [-0.05, 0) is 18.6 Å². The SMILES string of the molecule is Cn1cccc1C(=O)N1CC[C@H](C(=O)O)C1. The predicted molar refractivity (Wildman–Crippen MR) is 57.1 cm³/mol. The lowest BCUT2D eigenvalue weighted by atomic mass is 10.1. The van der Waals surface area contributed by atoms with E-state index in [1.54, 1.807) is 34.8 Å². The van der Waals surface area contributed by atoms with Crippen LogP contribution in [-0.2, 0) is 11.8 Å². The number of nitrogens with zero attached hydrogens (tertiary/aromatic N) is 2. The third-order valence-electron chi connectivity index (χ3n) is 2.99. The molecule has 0 aliphatic carbocycles. The van der Waals surface area contributed by atoms with Crippen LogP contribution in [0.5, 0.6) is 0 Å². The van der Waals surface area contributed by atoms with Crippen LogP contribution < -0.4 is 0 Å². The molecule has 2 heterocycles. The summed E-state index contributed by atoms with van der Waals surface area (Å²) >= 11 is 0. The Morgan fingerprint density at radius 2 is 2.25 bits per heavy atom. The van der Waals surface area contributed by atoms with Crippen molar-refractivity contribution in [3.8, 4) is 0 Å². The second-order valence-corrected chi connectivity index (χ2v) is 4.08. The van der Waals surface area contributed by atoms with E-state index in [0.717, 1.165) is 0 Å². The summed E-state index contributed by atoms with van der Waals surface area (Å²) in [5.41, 5.74) is 0.603. The van der Waals surface area contributed by atoms with Crippen LogP contribution in [0.4, 0.5) is 0 Å². The lowest BCUT2D eigenvalue weighted by molar-refractivity contribution is -0.141. The molecule has 1 N–H and O–H groups in total. The van der Waals surface area contributed by atoms with Gasteiger partial charge < -0.3 is 14.6 Å². The zero-order valence-electron chi connectivity index (χ0n) is 9.09. The summed E-state index contributed by atoms with van der Waals surface area (Å²) in [4.78, 5) is 24.4. The van der Waals surface area contributed by atoms with Gasteiger partial charge in [-0.15, -0.1) is 0 Å². The third kappa shape index (κ3) is 1.80. The average molecular weight is 222 g/mol. The Bertz CT molecular complexity index is 425. The first kappa shape index (κ1) is 10.7. The Labute approximate surface area is 93.3 Å². The molecule has 0 bridgehead atoms. The molecule has 0 radical (unpaired) electrons. The minimum atomic E-state index is -0.817. The monoisotopic (exact) mass is 222 g/mol. The van der Waals surface area contributed by atoms with Gasteiger partial charge in [-0.3, -0.25) is 9.59 Å². The van der Waals surface area contributed by atoms with Gasteiger partial charge in [0.2, 0.25) is 0 Å². The quantitative estimate of drug-likeness (QED) is 0.795. The van der Waals surface area contributed by atoms with Crippen molar-refractivity contribution in [2.24, 2.45) is 13.0 Å². The van der Waals surface area contributed by atoms with Crippen LogP contribution in [-0.4, -0.2) is 39.5 Å². The molecule has 1 aromatic rings. The predicted octanol–water partition coefficient (Wildman–Crippen LogP) is 0.572. The number of likely N-dealkylation sites (tertiary alicyclic amines) is 1. The summed E-state index contributed by atoms with van der Waals surface area (Å²) in [6.07, 6.45) is 2.35. The van der Waals surface area contributed by atoms with Gasteiger partial charge in [-0.1, -0.05) is 0 Å². The Morgan fingerprint density at radius 1 is 1.50 bits per heavy atom. The van der Waals surface area contributed by atoms with E-state index in [1.165, 1.54) is 0 Å². The van der Waals surface area contributed by atoms with Crippen LogP contribution >= 0.6 is 0 Å². The molecule has 0 unspecified atom stereocenters. The van der Waals surface area contributed by atoms with E-state index in [-0.39, 0.29) is 5.91 Å². The highest BCUT2D eigenvalue weighted by Gasteiger charge is 2.31. The van der Waals surface area contributed by atoms with Gasteiger partial charge in [-0.25, -0.2) is 0 Å². The highest BCUT2D eigenvalue weighted by molar-refractivity contribution is 5.93. The van der Waals surface area contributed by atoms with Crippen molar-refractivity contribution in [2.45, 2.75) is 6.42 Å². The Balaban J connectivity index is 2.08. The molecular formula is C11H14N2O3. The fraction of sp³-hybridized carbons (Fsp3) is 0.455. The molecule has 1 aliphatic rings. The molecule has 86 valence electrons. The largest absolute Gasteiger partial charge is 0.481 e. The zero-order valence-corrected chi connectivity index (χ0v) is 9.09. The first-order valence-corrected chi connectivity index (χ1v) is 5.23. The molecule has 0 saturated carbocycles. The highest BCUT2D eigenvalue weighted by atomic mass is 16.4. The van der Waals surface area contributed by atoms with Gasteiger partial charge in [0.25, 0.3) is 5.91 Å². The van der Waals surface area contributed by atoms with Crippen molar-refractivity contribution in [2.75, 3.05) is 13.1 Å². The topological polar surface area (TPSA) is 62.5 Å². The summed E-state index contributed by atoms with van der Waals surface area (Å²) in [6, 6.07) is 3.55. The fourth-order valence-corrected chi connectivity index (χ4v) is 1.99. The number of carbonyl (C=O) groups excluding carboxylic acids is 1. The number of aryl methyl sites for hydroxylation is 1. The van der Waals surface area contributed by atoms with E-state index in [9.17, 15) is 9.59 Å². The molecule has 0 aromatic carbocycles. The lowest BCUT2D eigenvalue weighted by Crippen LogP contribution is -2.31.